The maximum atomic E-state index is 12.6. The van der Waals surface area contributed by atoms with Gasteiger partial charge in [0, 0.05) is 36.0 Å². The van der Waals surface area contributed by atoms with Gasteiger partial charge in [0.05, 0.1) is 16.8 Å². The summed E-state index contributed by atoms with van der Waals surface area (Å²) in [7, 11) is 0. The highest BCUT2D eigenvalue weighted by molar-refractivity contribution is 5.90. The van der Waals surface area contributed by atoms with Gasteiger partial charge in [0.25, 0.3) is 0 Å². The Balaban J connectivity index is 2.28. The molecule has 0 amide bonds. The summed E-state index contributed by atoms with van der Waals surface area (Å²) in [5.41, 5.74) is 1.94. The molecule has 1 aromatic heterocycles. The highest BCUT2D eigenvalue weighted by atomic mass is 19.3. The lowest BCUT2D eigenvalue weighted by Gasteiger charge is -2.34. The smallest absolute Gasteiger partial charge is 0.387 e. The maximum Gasteiger partial charge on any atom is 0.387 e. The number of allylic oxidation sites excluding steroid dienone is 1. The Morgan fingerprint density at radius 3 is 2.52 bits per heavy atom. The first-order valence-corrected chi connectivity index (χ1v) is 8.85. The molecule has 1 aliphatic rings. The normalized spacial score (nSPS) is 16.7. The summed E-state index contributed by atoms with van der Waals surface area (Å²) in [6.07, 6.45) is 5.17. The van der Waals surface area contributed by atoms with E-state index in [1.54, 1.807) is 18.3 Å². The van der Waals surface area contributed by atoms with Crippen LogP contribution in [0.5, 0.6) is 5.75 Å². The van der Waals surface area contributed by atoms with E-state index in [2.05, 4.69) is 34.5 Å². The molecule has 1 unspecified atom stereocenters. The van der Waals surface area contributed by atoms with Crippen molar-refractivity contribution in [2.45, 2.75) is 52.6 Å². The molecule has 0 bridgehead atoms. The fraction of sp³-hybridized carbons (Fsp3) is 0.400. The highest BCUT2D eigenvalue weighted by Gasteiger charge is 2.30. The van der Waals surface area contributed by atoms with Crippen LogP contribution in [0, 0.1) is 11.3 Å². The molecule has 0 saturated heterocycles. The number of rotatable bonds is 5. The number of hydrogen-bond acceptors (Lipinski definition) is 4. The summed E-state index contributed by atoms with van der Waals surface area (Å²) >= 11 is 0. The van der Waals surface area contributed by atoms with E-state index in [0.717, 1.165) is 5.69 Å². The lowest BCUT2D eigenvalue weighted by molar-refractivity contribution is -0.0497. The van der Waals surface area contributed by atoms with Gasteiger partial charge in [0.15, 0.2) is 6.17 Å². The Hall–Kier alpha value is -2.88. The van der Waals surface area contributed by atoms with Crippen LogP contribution in [0.25, 0.3) is 10.9 Å². The molecular weight excluding hydrogens is 350 g/mol. The SMILES string of the molecule is CC(C)N1C=CC=NC1c1c(C#N)c2ccc(OC(F)F)cc2n1C(C)C. The zero-order chi connectivity index (χ0) is 19.7. The molecule has 1 atom stereocenters. The number of halogens is 2. The largest absolute Gasteiger partial charge is 0.435 e. The summed E-state index contributed by atoms with van der Waals surface area (Å²) in [6.45, 7) is 5.20. The van der Waals surface area contributed by atoms with Crippen LogP contribution in [0.1, 0.15) is 51.2 Å². The predicted octanol–water partition coefficient (Wildman–Crippen LogP) is 5.00. The topological polar surface area (TPSA) is 53.6 Å². The van der Waals surface area contributed by atoms with Crippen molar-refractivity contribution < 1.29 is 13.5 Å². The van der Waals surface area contributed by atoms with Crippen LogP contribution < -0.4 is 4.74 Å². The van der Waals surface area contributed by atoms with Crippen LogP contribution >= 0.6 is 0 Å². The molecule has 2 aromatic rings. The van der Waals surface area contributed by atoms with E-state index in [1.807, 2.05) is 30.7 Å². The average Bonchev–Trinajstić information content (AvgIpc) is 2.94. The summed E-state index contributed by atoms with van der Waals surface area (Å²) < 4.78 is 31.8. The number of aliphatic imine (C=N–C) groups is 1. The fourth-order valence-electron chi connectivity index (χ4n) is 3.51. The first-order valence-electron chi connectivity index (χ1n) is 8.85. The van der Waals surface area contributed by atoms with Crippen LogP contribution in [-0.2, 0) is 0 Å². The van der Waals surface area contributed by atoms with E-state index in [-0.39, 0.29) is 24.0 Å². The van der Waals surface area contributed by atoms with Crippen molar-refractivity contribution in [2.75, 3.05) is 0 Å². The van der Waals surface area contributed by atoms with Crippen LogP contribution in [0.2, 0.25) is 0 Å². The number of alkyl halides is 2. The third kappa shape index (κ3) is 3.39. The number of hydrogen-bond donors (Lipinski definition) is 0. The molecule has 7 heteroatoms. The molecular formula is C20H22F2N4O. The van der Waals surface area contributed by atoms with Crippen molar-refractivity contribution in [1.29, 1.82) is 5.26 Å². The minimum absolute atomic E-state index is 0.00141. The van der Waals surface area contributed by atoms with Crippen molar-refractivity contribution in [3.05, 3.63) is 41.7 Å². The zero-order valence-corrected chi connectivity index (χ0v) is 15.7. The minimum Gasteiger partial charge on any atom is -0.435 e. The molecule has 1 aliphatic heterocycles. The molecule has 0 aliphatic carbocycles. The summed E-state index contributed by atoms with van der Waals surface area (Å²) in [5.74, 6) is 0.0701. The molecule has 0 radical (unpaired) electrons. The third-order valence-electron chi connectivity index (χ3n) is 4.56. The Labute approximate surface area is 157 Å². The van der Waals surface area contributed by atoms with E-state index in [0.29, 0.717) is 16.5 Å². The van der Waals surface area contributed by atoms with Gasteiger partial charge in [-0.2, -0.15) is 14.0 Å². The van der Waals surface area contributed by atoms with Gasteiger partial charge in [0.2, 0.25) is 0 Å². The summed E-state index contributed by atoms with van der Waals surface area (Å²) in [5, 5.41) is 10.6. The standard InChI is InChI=1S/C20H22F2N4O/c1-12(2)25-9-5-8-24-19(25)18-16(11-23)15-7-6-14(27-20(21)22)10-17(15)26(18)13(3)4/h5-10,12-13,19-20H,1-4H3. The van der Waals surface area contributed by atoms with Crippen LogP contribution in [-0.4, -0.2) is 28.3 Å². The Morgan fingerprint density at radius 2 is 1.93 bits per heavy atom. The third-order valence-corrected chi connectivity index (χ3v) is 4.56. The van der Waals surface area contributed by atoms with Gasteiger partial charge in [-0.05, 0) is 45.9 Å². The number of ether oxygens (including phenoxy) is 1. The number of fused-ring (bicyclic) bond motifs is 1. The summed E-state index contributed by atoms with van der Waals surface area (Å²) in [6, 6.07) is 7.16. The van der Waals surface area contributed by atoms with Crippen molar-refractivity contribution >= 4 is 17.1 Å². The second kappa shape index (κ2) is 7.39. The van der Waals surface area contributed by atoms with Crippen LogP contribution in [0.4, 0.5) is 8.78 Å². The second-order valence-corrected chi connectivity index (χ2v) is 6.95. The van der Waals surface area contributed by atoms with Gasteiger partial charge < -0.3 is 14.2 Å². The summed E-state index contributed by atoms with van der Waals surface area (Å²) in [4.78, 5) is 6.68. The molecule has 2 heterocycles. The van der Waals surface area contributed by atoms with Crippen LogP contribution in [0.15, 0.2) is 35.5 Å². The quantitative estimate of drug-likeness (QED) is 0.742. The molecule has 3 rings (SSSR count). The van der Waals surface area contributed by atoms with Crippen molar-refractivity contribution in [3.8, 4) is 11.8 Å². The van der Waals surface area contributed by atoms with E-state index >= 15 is 0 Å². The predicted molar refractivity (Wildman–Crippen MR) is 101 cm³/mol. The van der Waals surface area contributed by atoms with Crippen molar-refractivity contribution in [3.63, 3.8) is 0 Å². The van der Waals surface area contributed by atoms with Gasteiger partial charge in [-0.25, -0.2) is 0 Å². The number of benzene rings is 1. The Morgan fingerprint density at radius 1 is 1.19 bits per heavy atom. The number of aromatic nitrogens is 1. The first kappa shape index (κ1) is 18.9. The Bertz CT molecular complexity index is 938. The molecule has 142 valence electrons. The maximum absolute atomic E-state index is 12.6. The van der Waals surface area contributed by atoms with Gasteiger partial charge in [-0.3, -0.25) is 4.99 Å². The molecule has 0 N–H and O–H groups in total. The van der Waals surface area contributed by atoms with Crippen LogP contribution in [0.3, 0.4) is 0 Å². The van der Waals surface area contributed by atoms with Gasteiger partial charge in [-0.15, -0.1) is 0 Å². The van der Waals surface area contributed by atoms with Gasteiger partial charge >= 0.3 is 6.61 Å². The second-order valence-electron chi connectivity index (χ2n) is 6.95. The molecule has 0 spiro atoms. The first-order chi connectivity index (χ1) is 12.8. The van der Waals surface area contributed by atoms with E-state index in [9.17, 15) is 14.0 Å². The lowest BCUT2D eigenvalue weighted by atomic mass is 10.1. The van der Waals surface area contributed by atoms with E-state index in [4.69, 9.17) is 0 Å². The molecule has 0 fully saturated rings. The van der Waals surface area contributed by atoms with Crippen molar-refractivity contribution in [1.82, 2.24) is 9.47 Å². The molecule has 0 saturated carbocycles. The van der Waals surface area contributed by atoms with E-state index < -0.39 is 6.61 Å². The average molecular weight is 372 g/mol. The van der Waals surface area contributed by atoms with Crippen molar-refractivity contribution in [2.24, 2.45) is 4.99 Å². The fourth-order valence-corrected chi connectivity index (χ4v) is 3.51. The van der Waals surface area contributed by atoms with E-state index in [1.165, 1.54) is 6.07 Å². The zero-order valence-electron chi connectivity index (χ0n) is 15.7. The van der Waals surface area contributed by atoms with Gasteiger partial charge in [0.1, 0.15) is 11.8 Å². The molecule has 5 nitrogen and oxygen atoms in total. The van der Waals surface area contributed by atoms with Gasteiger partial charge in [-0.1, -0.05) is 0 Å². The lowest BCUT2D eigenvalue weighted by Crippen LogP contribution is -2.32. The number of nitriles is 1. The number of nitrogens with zero attached hydrogens (tertiary/aromatic N) is 4. The highest BCUT2D eigenvalue weighted by Crippen LogP contribution is 2.38. The monoisotopic (exact) mass is 372 g/mol. The molecule has 1 aromatic carbocycles. The molecule has 27 heavy (non-hydrogen) atoms. The Kier molecular flexibility index (Phi) is 5.17. The minimum atomic E-state index is -2.90.